The minimum Gasteiger partial charge on any atom is -0.384 e. The molecule has 0 radical (unpaired) electrons. The van der Waals surface area contributed by atoms with Crippen LogP contribution < -0.4 is 0 Å². The Morgan fingerprint density at radius 1 is 0.727 bits per heavy atom. The monoisotopic (exact) mass is 458 g/mol. The maximum atomic E-state index is 15.1. The molecule has 180 valence electrons. The lowest BCUT2D eigenvalue weighted by Gasteiger charge is -2.29. The van der Waals surface area contributed by atoms with Crippen molar-refractivity contribution in [3.8, 4) is 11.1 Å². The van der Waals surface area contributed by atoms with Crippen LogP contribution in [0.4, 0.5) is 13.2 Å². The number of halogens is 3. The summed E-state index contributed by atoms with van der Waals surface area (Å²) in [5.74, 6) is 1.23. The third kappa shape index (κ3) is 6.01. The first-order valence-electron chi connectivity index (χ1n) is 12.7. The van der Waals surface area contributed by atoms with Crippen LogP contribution in [0.1, 0.15) is 87.2 Å². The molecule has 2 fully saturated rings. The number of methoxy groups -OCH3 is 1. The Labute approximate surface area is 196 Å². The van der Waals surface area contributed by atoms with E-state index in [1.54, 1.807) is 31.4 Å². The molecule has 2 aromatic rings. The van der Waals surface area contributed by atoms with Gasteiger partial charge in [-0.1, -0.05) is 24.3 Å². The van der Waals surface area contributed by atoms with E-state index in [1.807, 2.05) is 12.1 Å². The summed E-state index contributed by atoms with van der Waals surface area (Å²) in [6.45, 7) is 0.565. The summed E-state index contributed by atoms with van der Waals surface area (Å²) in [6, 6.07) is 10.7. The SMILES string of the molecule is COCC1CCC(c2ccc(-c3ccc(C4CCC(CCCF)CC4)cc3F)c(F)c2)CC1. The Morgan fingerprint density at radius 3 is 1.64 bits per heavy atom. The highest BCUT2D eigenvalue weighted by Crippen LogP contribution is 2.40. The Kier molecular flexibility index (Phi) is 8.51. The predicted octanol–water partition coefficient (Wildman–Crippen LogP) is 8.58. The molecule has 33 heavy (non-hydrogen) atoms. The number of alkyl halides is 1. The highest BCUT2D eigenvalue weighted by Gasteiger charge is 2.25. The first-order valence-corrected chi connectivity index (χ1v) is 12.7. The molecule has 4 heteroatoms. The number of rotatable bonds is 8. The van der Waals surface area contributed by atoms with Crippen LogP contribution in [0.15, 0.2) is 36.4 Å². The molecule has 1 nitrogen and oxygen atoms in total. The lowest BCUT2D eigenvalue weighted by atomic mass is 9.77. The van der Waals surface area contributed by atoms with Crippen molar-refractivity contribution in [2.24, 2.45) is 11.8 Å². The van der Waals surface area contributed by atoms with E-state index in [0.29, 0.717) is 41.2 Å². The number of ether oxygens (including phenoxy) is 1. The fourth-order valence-corrected chi connectivity index (χ4v) is 6.06. The van der Waals surface area contributed by atoms with Crippen molar-refractivity contribution in [2.45, 2.75) is 76.0 Å². The van der Waals surface area contributed by atoms with E-state index in [9.17, 15) is 4.39 Å². The van der Waals surface area contributed by atoms with E-state index >= 15 is 8.78 Å². The average molecular weight is 459 g/mol. The molecule has 2 saturated carbocycles. The predicted molar refractivity (Wildman–Crippen MR) is 128 cm³/mol. The Hall–Kier alpha value is -1.81. The minimum atomic E-state index is -0.348. The summed E-state index contributed by atoms with van der Waals surface area (Å²) in [5, 5.41) is 0. The Morgan fingerprint density at radius 2 is 1.21 bits per heavy atom. The molecule has 4 rings (SSSR count). The van der Waals surface area contributed by atoms with Gasteiger partial charge in [-0.2, -0.15) is 0 Å². The van der Waals surface area contributed by atoms with Crippen LogP contribution in [0.5, 0.6) is 0 Å². The molecular formula is C29H37F3O. The van der Waals surface area contributed by atoms with Gasteiger partial charge in [0.25, 0.3) is 0 Å². The van der Waals surface area contributed by atoms with Crippen molar-refractivity contribution in [2.75, 3.05) is 20.4 Å². The fraction of sp³-hybridized carbons (Fsp3) is 0.586. The molecular weight excluding hydrogens is 421 g/mol. The van der Waals surface area contributed by atoms with Gasteiger partial charge in [0.15, 0.2) is 0 Å². The summed E-state index contributed by atoms with van der Waals surface area (Å²) < 4.78 is 47.8. The number of hydrogen-bond acceptors (Lipinski definition) is 1. The molecule has 0 aliphatic heterocycles. The van der Waals surface area contributed by atoms with Crippen molar-refractivity contribution >= 4 is 0 Å². The van der Waals surface area contributed by atoms with Crippen molar-refractivity contribution < 1.29 is 17.9 Å². The Balaban J connectivity index is 1.41. The zero-order valence-corrected chi connectivity index (χ0v) is 19.8. The molecule has 0 spiro atoms. The lowest BCUT2D eigenvalue weighted by molar-refractivity contribution is 0.127. The first kappa shape index (κ1) is 24.3. The molecule has 0 unspecified atom stereocenters. The van der Waals surface area contributed by atoms with Crippen molar-refractivity contribution in [1.82, 2.24) is 0 Å². The highest BCUT2D eigenvalue weighted by atomic mass is 19.1. The zero-order chi connectivity index (χ0) is 23.2. The van der Waals surface area contributed by atoms with Gasteiger partial charge in [-0.15, -0.1) is 0 Å². The maximum Gasteiger partial charge on any atom is 0.131 e. The van der Waals surface area contributed by atoms with Crippen molar-refractivity contribution in [3.05, 3.63) is 59.2 Å². The summed E-state index contributed by atoms with van der Waals surface area (Å²) in [7, 11) is 1.74. The minimum absolute atomic E-state index is 0.236. The van der Waals surface area contributed by atoms with E-state index < -0.39 is 0 Å². The van der Waals surface area contributed by atoms with Gasteiger partial charge in [0, 0.05) is 24.8 Å². The van der Waals surface area contributed by atoms with E-state index in [0.717, 1.165) is 75.5 Å². The second-order valence-corrected chi connectivity index (χ2v) is 10.2. The second kappa shape index (κ2) is 11.6. The standard InChI is InChI=1S/C29H37F3O/c1-33-19-21-6-10-23(11-7-21)25-13-15-27(29(32)18-25)26-14-12-24(17-28(26)31)22-8-4-20(5-9-22)3-2-16-30/h12-15,17-18,20-23H,2-11,16,19H2,1H3. The first-order chi connectivity index (χ1) is 16.1. The molecule has 2 aliphatic carbocycles. The van der Waals surface area contributed by atoms with E-state index in [2.05, 4.69) is 0 Å². The third-order valence-corrected chi connectivity index (χ3v) is 8.06. The molecule has 2 aromatic carbocycles. The molecule has 0 atom stereocenters. The summed E-state index contributed by atoms with van der Waals surface area (Å²) in [6.07, 6.45) is 10.1. The van der Waals surface area contributed by atoms with Gasteiger partial charge < -0.3 is 4.74 Å². The smallest absolute Gasteiger partial charge is 0.131 e. The van der Waals surface area contributed by atoms with Crippen molar-refractivity contribution in [1.29, 1.82) is 0 Å². The molecule has 0 heterocycles. The number of hydrogen-bond donors (Lipinski definition) is 0. The zero-order valence-electron chi connectivity index (χ0n) is 19.8. The Bertz CT molecular complexity index is 896. The van der Waals surface area contributed by atoms with E-state index in [-0.39, 0.29) is 18.3 Å². The largest absolute Gasteiger partial charge is 0.384 e. The topological polar surface area (TPSA) is 9.23 Å². The molecule has 2 aliphatic rings. The van der Waals surface area contributed by atoms with Crippen LogP contribution in [0.2, 0.25) is 0 Å². The lowest BCUT2D eigenvalue weighted by Crippen LogP contribution is -2.17. The van der Waals surface area contributed by atoms with Crippen LogP contribution >= 0.6 is 0 Å². The van der Waals surface area contributed by atoms with Gasteiger partial charge in [0.05, 0.1) is 6.67 Å². The van der Waals surface area contributed by atoms with Gasteiger partial charge in [0.2, 0.25) is 0 Å². The molecule has 0 amide bonds. The van der Waals surface area contributed by atoms with Crippen LogP contribution in [0, 0.1) is 23.5 Å². The summed E-state index contributed by atoms with van der Waals surface area (Å²) in [4.78, 5) is 0. The van der Waals surface area contributed by atoms with Crippen LogP contribution in [0.25, 0.3) is 11.1 Å². The molecule has 0 saturated heterocycles. The average Bonchev–Trinajstić information content (AvgIpc) is 2.84. The van der Waals surface area contributed by atoms with E-state index in [4.69, 9.17) is 4.74 Å². The normalized spacial score (nSPS) is 25.8. The van der Waals surface area contributed by atoms with Gasteiger partial charge >= 0.3 is 0 Å². The quantitative estimate of drug-likeness (QED) is 0.385. The van der Waals surface area contributed by atoms with E-state index in [1.165, 1.54) is 0 Å². The molecule has 0 bridgehead atoms. The van der Waals surface area contributed by atoms with Crippen LogP contribution in [0.3, 0.4) is 0 Å². The number of benzene rings is 2. The molecule has 0 aromatic heterocycles. The van der Waals surface area contributed by atoms with Gasteiger partial charge in [-0.25, -0.2) is 8.78 Å². The van der Waals surface area contributed by atoms with Gasteiger partial charge in [-0.05, 0) is 111 Å². The maximum absolute atomic E-state index is 15.1. The second-order valence-electron chi connectivity index (χ2n) is 10.2. The van der Waals surface area contributed by atoms with Crippen LogP contribution in [-0.2, 0) is 4.74 Å². The van der Waals surface area contributed by atoms with Crippen LogP contribution in [-0.4, -0.2) is 20.4 Å². The van der Waals surface area contributed by atoms with Gasteiger partial charge in [-0.3, -0.25) is 4.39 Å². The fourth-order valence-electron chi connectivity index (χ4n) is 6.06. The highest BCUT2D eigenvalue weighted by molar-refractivity contribution is 5.66. The third-order valence-electron chi connectivity index (χ3n) is 8.06. The summed E-state index contributed by atoms with van der Waals surface area (Å²) >= 11 is 0. The van der Waals surface area contributed by atoms with Gasteiger partial charge in [0.1, 0.15) is 11.6 Å². The van der Waals surface area contributed by atoms with Crippen molar-refractivity contribution in [3.63, 3.8) is 0 Å². The molecule has 0 N–H and O–H groups in total. The summed E-state index contributed by atoms with van der Waals surface area (Å²) in [5.41, 5.74) is 2.70.